The van der Waals surface area contributed by atoms with E-state index < -0.39 is 0 Å². The number of hydrogen-bond donors (Lipinski definition) is 1. The third-order valence-electron chi connectivity index (χ3n) is 4.44. The van der Waals surface area contributed by atoms with E-state index in [0.717, 1.165) is 25.7 Å². The molecule has 2 rings (SSSR count). The largest absolute Gasteiger partial charge is 0.343 e. The normalized spacial score (nSPS) is 29.5. The predicted octanol–water partition coefficient (Wildman–Crippen LogP) is 2.22. The van der Waals surface area contributed by atoms with Gasteiger partial charge in [0.2, 0.25) is 11.8 Å². The molecule has 2 unspecified atom stereocenters. The maximum absolute atomic E-state index is 12.6. The predicted molar refractivity (Wildman–Crippen MR) is 74.6 cm³/mol. The van der Waals surface area contributed by atoms with Crippen molar-refractivity contribution in [1.29, 1.82) is 0 Å². The van der Waals surface area contributed by atoms with E-state index >= 15 is 0 Å². The molecule has 0 bridgehead atoms. The van der Waals surface area contributed by atoms with Crippen LogP contribution in [0.15, 0.2) is 0 Å². The maximum atomic E-state index is 12.6. The first kappa shape index (κ1) is 14.4. The minimum atomic E-state index is -0.290. The van der Waals surface area contributed by atoms with Gasteiger partial charge >= 0.3 is 0 Å². The van der Waals surface area contributed by atoms with Crippen LogP contribution >= 0.6 is 0 Å². The third kappa shape index (κ3) is 2.93. The van der Waals surface area contributed by atoms with E-state index in [0.29, 0.717) is 6.42 Å². The summed E-state index contributed by atoms with van der Waals surface area (Å²) in [6.45, 7) is 4.05. The third-order valence-corrected chi connectivity index (χ3v) is 4.44. The number of amides is 2. The molecule has 2 atom stereocenters. The lowest BCUT2D eigenvalue weighted by atomic mass is 9.90. The summed E-state index contributed by atoms with van der Waals surface area (Å²) >= 11 is 0. The van der Waals surface area contributed by atoms with Gasteiger partial charge in [-0.1, -0.05) is 39.5 Å². The molecule has 0 radical (unpaired) electrons. The smallest absolute Gasteiger partial charge is 0.246 e. The highest BCUT2D eigenvalue weighted by atomic mass is 16.2. The van der Waals surface area contributed by atoms with Crippen LogP contribution in [0.25, 0.3) is 0 Å². The van der Waals surface area contributed by atoms with Gasteiger partial charge in [-0.05, 0) is 25.7 Å². The first-order valence-corrected chi connectivity index (χ1v) is 7.81. The Morgan fingerprint density at radius 2 is 1.84 bits per heavy atom. The Kier molecular flexibility index (Phi) is 4.83. The van der Waals surface area contributed by atoms with Gasteiger partial charge in [0.15, 0.2) is 0 Å². The molecule has 4 nitrogen and oxygen atoms in total. The van der Waals surface area contributed by atoms with Crippen LogP contribution in [0.3, 0.4) is 0 Å². The molecule has 4 heteroatoms. The molecule has 0 aromatic carbocycles. The van der Waals surface area contributed by atoms with Gasteiger partial charge in [0.05, 0.1) is 0 Å². The standard InChI is InChI=1S/C15H26N2O2/c1-3-8-12-15(19)17(11-9-6-5-7-10-11)13(4-2)14(18)16-12/h11-13H,3-10H2,1-2H3,(H,16,18). The lowest BCUT2D eigenvalue weighted by Gasteiger charge is -2.44. The van der Waals surface area contributed by atoms with Crippen LogP contribution < -0.4 is 5.32 Å². The molecule has 19 heavy (non-hydrogen) atoms. The first-order chi connectivity index (χ1) is 9.19. The highest BCUT2D eigenvalue weighted by Crippen LogP contribution is 2.28. The summed E-state index contributed by atoms with van der Waals surface area (Å²) in [7, 11) is 0. The average Bonchev–Trinajstić information content (AvgIpc) is 2.43. The van der Waals surface area contributed by atoms with Crippen molar-refractivity contribution in [3.8, 4) is 0 Å². The number of carbonyl (C=O) groups is 2. The minimum Gasteiger partial charge on any atom is -0.343 e. The van der Waals surface area contributed by atoms with Crippen molar-refractivity contribution in [3.63, 3.8) is 0 Å². The van der Waals surface area contributed by atoms with Crippen molar-refractivity contribution in [2.75, 3.05) is 0 Å². The SMILES string of the molecule is CCCC1NC(=O)C(CC)N(C2CCCCC2)C1=O. The second kappa shape index (κ2) is 6.40. The van der Waals surface area contributed by atoms with Crippen LogP contribution in [0.2, 0.25) is 0 Å². The number of rotatable bonds is 4. The molecule has 1 aliphatic carbocycles. The fraction of sp³-hybridized carbons (Fsp3) is 0.867. The molecule has 0 aromatic rings. The fourth-order valence-corrected chi connectivity index (χ4v) is 3.45. The Labute approximate surface area is 115 Å². The van der Waals surface area contributed by atoms with Crippen LogP contribution in [-0.4, -0.2) is 34.8 Å². The molecule has 0 spiro atoms. The molecule has 0 aromatic heterocycles. The zero-order valence-corrected chi connectivity index (χ0v) is 12.2. The van der Waals surface area contributed by atoms with Gasteiger partial charge in [-0.3, -0.25) is 9.59 Å². The second-order valence-electron chi connectivity index (χ2n) is 5.81. The van der Waals surface area contributed by atoms with E-state index in [1.54, 1.807) is 0 Å². The Morgan fingerprint density at radius 1 is 1.16 bits per heavy atom. The Hall–Kier alpha value is -1.06. The molecule has 1 N–H and O–H groups in total. The number of nitrogens with one attached hydrogen (secondary N) is 1. The van der Waals surface area contributed by atoms with Crippen LogP contribution in [-0.2, 0) is 9.59 Å². The van der Waals surface area contributed by atoms with Gasteiger partial charge in [0.1, 0.15) is 12.1 Å². The molecule has 1 aliphatic heterocycles. The summed E-state index contributed by atoms with van der Waals surface area (Å²) < 4.78 is 0. The summed E-state index contributed by atoms with van der Waals surface area (Å²) in [6.07, 6.45) is 8.15. The number of piperazine rings is 1. The van der Waals surface area contributed by atoms with Crippen LogP contribution in [0, 0.1) is 0 Å². The quantitative estimate of drug-likeness (QED) is 0.848. The zero-order valence-electron chi connectivity index (χ0n) is 12.2. The fourth-order valence-electron chi connectivity index (χ4n) is 3.45. The van der Waals surface area contributed by atoms with Crippen molar-refractivity contribution in [2.45, 2.75) is 83.3 Å². The van der Waals surface area contributed by atoms with Gasteiger partial charge in [0, 0.05) is 6.04 Å². The van der Waals surface area contributed by atoms with Gasteiger partial charge in [-0.2, -0.15) is 0 Å². The van der Waals surface area contributed by atoms with Gasteiger partial charge in [0.25, 0.3) is 0 Å². The Morgan fingerprint density at radius 3 is 2.42 bits per heavy atom. The van der Waals surface area contributed by atoms with E-state index in [1.807, 2.05) is 11.8 Å². The monoisotopic (exact) mass is 266 g/mol. The molecule has 1 saturated heterocycles. The summed E-state index contributed by atoms with van der Waals surface area (Å²) in [5.74, 6) is 0.200. The molecule has 1 saturated carbocycles. The van der Waals surface area contributed by atoms with Crippen molar-refractivity contribution in [2.24, 2.45) is 0 Å². The minimum absolute atomic E-state index is 0.0473. The topological polar surface area (TPSA) is 49.4 Å². The summed E-state index contributed by atoms with van der Waals surface area (Å²) in [4.78, 5) is 26.8. The lowest BCUT2D eigenvalue weighted by molar-refractivity contribution is -0.153. The zero-order chi connectivity index (χ0) is 13.8. The second-order valence-corrected chi connectivity index (χ2v) is 5.81. The Balaban J connectivity index is 2.17. The molecular formula is C15H26N2O2. The number of carbonyl (C=O) groups excluding carboxylic acids is 2. The molecule has 2 aliphatic rings. The molecule has 1 heterocycles. The Bertz CT molecular complexity index is 337. The summed E-state index contributed by atoms with van der Waals surface area (Å²) in [5, 5.41) is 2.91. The van der Waals surface area contributed by atoms with Crippen LogP contribution in [0.5, 0.6) is 0 Å². The van der Waals surface area contributed by atoms with Crippen LogP contribution in [0.4, 0.5) is 0 Å². The lowest BCUT2D eigenvalue weighted by Crippen LogP contribution is -2.65. The van der Waals surface area contributed by atoms with Crippen molar-refractivity contribution in [3.05, 3.63) is 0 Å². The van der Waals surface area contributed by atoms with Crippen molar-refractivity contribution < 1.29 is 9.59 Å². The molecule has 108 valence electrons. The maximum Gasteiger partial charge on any atom is 0.246 e. The highest BCUT2D eigenvalue weighted by Gasteiger charge is 2.42. The van der Waals surface area contributed by atoms with E-state index in [-0.39, 0.29) is 29.9 Å². The van der Waals surface area contributed by atoms with Crippen molar-refractivity contribution in [1.82, 2.24) is 10.2 Å². The summed E-state index contributed by atoms with van der Waals surface area (Å²) in [6, 6.07) is -0.248. The average molecular weight is 266 g/mol. The van der Waals surface area contributed by atoms with Crippen LogP contribution in [0.1, 0.15) is 65.2 Å². The molecular weight excluding hydrogens is 240 g/mol. The molecule has 2 fully saturated rings. The van der Waals surface area contributed by atoms with E-state index in [9.17, 15) is 9.59 Å². The highest BCUT2D eigenvalue weighted by molar-refractivity contribution is 5.97. The van der Waals surface area contributed by atoms with Gasteiger partial charge in [-0.25, -0.2) is 0 Å². The van der Waals surface area contributed by atoms with E-state index in [2.05, 4.69) is 12.2 Å². The first-order valence-electron chi connectivity index (χ1n) is 7.81. The summed E-state index contributed by atoms with van der Waals surface area (Å²) in [5.41, 5.74) is 0. The van der Waals surface area contributed by atoms with Crippen molar-refractivity contribution >= 4 is 11.8 Å². The number of hydrogen-bond acceptors (Lipinski definition) is 2. The molecule has 2 amide bonds. The van der Waals surface area contributed by atoms with E-state index in [4.69, 9.17) is 0 Å². The number of nitrogens with zero attached hydrogens (tertiary/aromatic N) is 1. The van der Waals surface area contributed by atoms with Gasteiger partial charge < -0.3 is 10.2 Å². The van der Waals surface area contributed by atoms with Gasteiger partial charge in [-0.15, -0.1) is 0 Å². The van der Waals surface area contributed by atoms with E-state index in [1.165, 1.54) is 19.3 Å².